The summed E-state index contributed by atoms with van der Waals surface area (Å²) in [4.78, 5) is 11.4. The second-order valence-corrected chi connectivity index (χ2v) is 7.97. The van der Waals surface area contributed by atoms with Crippen molar-refractivity contribution in [3.05, 3.63) is 69.3 Å². The van der Waals surface area contributed by atoms with E-state index in [2.05, 4.69) is 22.0 Å². The van der Waals surface area contributed by atoms with E-state index in [1.54, 1.807) is 0 Å². The fourth-order valence-electron chi connectivity index (χ4n) is 4.16. The Kier molecular flexibility index (Phi) is 5.53. The number of nitrogens with zero attached hydrogens (tertiary/aromatic N) is 1. The number of carbonyl (C=O) groups excluding carboxylic acids is 1. The van der Waals surface area contributed by atoms with Gasteiger partial charge in [0.1, 0.15) is 6.29 Å². The lowest BCUT2D eigenvalue weighted by atomic mass is 9.96. The van der Waals surface area contributed by atoms with Crippen molar-refractivity contribution in [2.45, 2.75) is 31.7 Å². The normalized spacial score (nSPS) is 15.3. The molecule has 0 fully saturated rings. The maximum absolute atomic E-state index is 11.4. The molecular formula is C22H22Cl2N2O. The van der Waals surface area contributed by atoms with Gasteiger partial charge < -0.3 is 14.7 Å². The van der Waals surface area contributed by atoms with Gasteiger partial charge in [0, 0.05) is 58.5 Å². The van der Waals surface area contributed by atoms with Crippen LogP contribution in [0.2, 0.25) is 10.0 Å². The molecule has 0 bridgehead atoms. The lowest BCUT2D eigenvalue weighted by Gasteiger charge is -2.19. The average Bonchev–Trinajstić information content (AvgIpc) is 2.82. The zero-order valence-electron chi connectivity index (χ0n) is 15.1. The van der Waals surface area contributed by atoms with Crippen LogP contribution in [0, 0.1) is 0 Å². The Morgan fingerprint density at radius 3 is 2.56 bits per heavy atom. The molecule has 0 amide bonds. The van der Waals surface area contributed by atoms with E-state index >= 15 is 0 Å². The number of benzene rings is 2. The van der Waals surface area contributed by atoms with Crippen molar-refractivity contribution < 1.29 is 4.79 Å². The molecule has 0 spiro atoms. The average molecular weight is 401 g/mol. The number of carbonyl (C=O) groups is 1. The van der Waals surface area contributed by atoms with Gasteiger partial charge in [-0.2, -0.15) is 0 Å². The molecule has 0 saturated heterocycles. The largest absolute Gasteiger partial charge is 0.344 e. The van der Waals surface area contributed by atoms with Crippen molar-refractivity contribution >= 4 is 40.4 Å². The van der Waals surface area contributed by atoms with Gasteiger partial charge in [-0.25, -0.2) is 0 Å². The number of fused-ring (bicyclic) bond motifs is 3. The van der Waals surface area contributed by atoms with Crippen molar-refractivity contribution in [3.8, 4) is 0 Å². The Hall–Kier alpha value is -1.81. The maximum Gasteiger partial charge on any atom is 0.120 e. The first-order chi connectivity index (χ1) is 13.2. The number of halogens is 2. The van der Waals surface area contributed by atoms with Gasteiger partial charge in [-0.05, 0) is 54.4 Å². The summed E-state index contributed by atoms with van der Waals surface area (Å²) in [5.41, 5.74) is 5.10. The fourth-order valence-corrected chi connectivity index (χ4v) is 4.45. The van der Waals surface area contributed by atoms with Crippen LogP contribution in [-0.4, -0.2) is 23.9 Å². The van der Waals surface area contributed by atoms with Crippen LogP contribution in [0.1, 0.15) is 29.2 Å². The van der Waals surface area contributed by atoms with Crippen LogP contribution in [0.25, 0.3) is 10.9 Å². The van der Waals surface area contributed by atoms with Crippen LogP contribution >= 0.6 is 23.2 Å². The number of rotatable bonds is 5. The summed E-state index contributed by atoms with van der Waals surface area (Å²) in [5, 5.41) is 6.20. The number of hydrogen-bond donors (Lipinski definition) is 1. The van der Waals surface area contributed by atoms with Gasteiger partial charge in [0.05, 0.1) is 0 Å². The monoisotopic (exact) mass is 400 g/mol. The van der Waals surface area contributed by atoms with E-state index in [-0.39, 0.29) is 5.92 Å². The molecule has 1 unspecified atom stereocenters. The Balaban J connectivity index is 1.80. The molecule has 3 aromatic rings. The summed E-state index contributed by atoms with van der Waals surface area (Å²) in [6.45, 7) is 2.72. The predicted molar refractivity (Wildman–Crippen MR) is 112 cm³/mol. The summed E-state index contributed by atoms with van der Waals surface area (Å²) >= 11 is 12.3. The first-order valence-electron chi connectivity index (χ1n) is 9.36. The van der Waals surface area contributed by atoms with Crippen molar-refractivity contribution in [2.24, 2.45) is 0 Å². The van der Waals surface area contributed by atoms with Crippen LogP contribution in [0.4, 0.5) is 0 Å². The SMILES string of the molecule is O=CCC(Cn1c2c(c3cc(Cl)ccc31)CCNCC2)c1ccc(Cl)cc1. The van der Waals surface area contributed by atoms with E-state index in [0.29, 0.717) is 11.4 Å². The highest BCUT2D eigenvalue weighted by atomic mass is 35.5. The molecule has 1 aliphatic rings. The standard InChI is InChI=1S/C22H22Cl2N2O/c23-17-3-1-15(2-4-17)16(9-12-27)14-26-21-6-5-18(24)13-20(21)19-7-10-25-11-8-22(19)26/h1-6,12-13,16,25H,7-11,14H2. The first kappa shape index (κ1) is 18.5. The van der Waals surface area contributed by atoms with Gasteiger partial charge >= 0.3 is 0 Å². The highest BCUT2D eigenvalue weighted by molar-refractivity contribution is 6.31. The summed E-state index contributed by atoms with van der Waals surface area (Å²) in [6.07, 6.45) is 3.48. The second kappa shape index (κ2) is 8.05. The lowest BCUT2D eigenvalue weighted by molar-refractivity contribution is -0.108. The molecule has 5 heteroatoms. The molecule has 0 saturated carbocycles. The number of aromatic nitrogens is 1. The van der Waals surface area contributed by atoms with E-state index in [1.165, 1.54) is 22.2 Å². The fraction of sp³-hybridized carbons (Fsp3) is 0.318. The molecule has 1 aromatic heterocycles. The molecule has 1 atom stereocenters. The third kappa shape index (κ3) is 3.77. The van der Waals surface area contributed by atoms with Crippen LogP contribution < -0.4 is 5.32 Å². The number of aldehydes is 1. The van der Waals surface area contributed by atoms with E-state index in [0.717, 1.165) is 49.3 Å². The second-order valence-electron chi connectivity index (χ2n) is 7.10. The third-order valence-electron chi connectivity index (χ3n) is 5.46. The molecule has 2 aromatic carbocycles. The van der Waals surface area contributed by atoms with Crippen LogP contribution in [-0.2, 0) is 24.2 Å². The van der Waals surface area contributed by atoms with Crippen molar-refractivity contribution in [1.29, 1.82) is 0 Å². The minimum absolute atomic E-state index is 0.117. The van der Waals surface area contributed by atoms with Gasteiger partial charge in [0.15, 0.2) is 0 Å². The smallest absolute Gasteiger partial charge is 0.120 e. The van der Waals surface area contributed by atoms with E-state index < -0.39 is 0 Å². The van der Waals surface area contributed by atoms with E-state index in [9.17, 15) is 4.79 Å². The minimum atomic E-state index is 0.117. The Morgan fingerprint density at radius 2 is 1.78 bits per heavy atom. The van der Waals surface area contributed by atoms with Crippen LogP contribution in [0.15, 0.2) is 42.5 Å². The topological polar surface area (TPSA) is 34.0 Å². The van der Waals surface area contributed by atoms with Gasteiger partial charge in [-0.3, -0.25) is 0 Å². The van der Waals surface area contributed by atoms with Gasteiger partial charge in [0.2, 0.25) is 0 Å². The minimum Gasteiger partial charge on any atom is -0.344 e. The molecule has 2 heterocycles. The van der Waals surface area contributed by atoms with E-state index in [1.807, 2.05) is 30.3 Å². The molecule has 27 heavy (non-hydrogen) atoms. The highest BCUT2D eigenvalue weighted by Crippen LogP contribution is 2.33. The quantitative estimate of drug-likeness (QED) is 0.610. The summed E-state index contributed by atoms with van der Waals surface area (Å²) < 4.78 is 2.40. The molecule has 140 valence electrons. The Bertz CT molecular complexity index is 963. The molecule has 4 rings (SSSR count). The number of hydrogen-bond acceptors (Lipinski definition) is 2. The Labute approximate surface area is 169 Å². The molecule has 0 radical (unpaired) electrons. The predicted octanol–water partition coefficient (Wildman–Crippen LogP) is 5.01. The molecular weight excluding hydrogens is 379 g/mol. The zero-order valence-corrected chi connectivity index (χ0v) is 16.6. The maximum atomic E-state index is 11.4. The summed E-state index contributed by atoms with van der Waals surface area (Å²) in [6, 6.07) is 14.0. The van der Waals surface area contributed by atoms with Crippen LogP contribution in [0.3, 0.4) is 0 Å². The van der Waals surface area contributed by atoms with E-state index in [4.69, 9.17) is 23.2 Å². The van der Waals surface area contributed by atoms with Crippen molar-refractivity contribution in [3.63, 3.8) is 0 Å². The van der Waals surface area contributed by atoms with Crippen molar-refractivity contribution in [1.82, 2.24) is 9.88 Å². The van der Waals surface area contributed by atoms with Gasteiger partial charge in [0.25, 0.3) is 0 Å². The molecule has 3 nitrogen and oxygen atoms in total. The number of nitrogens with one attached hydrogen (secondary N) is 1. The van der Waals surface area contributed by atoms with Gasteiger partial charge in [-0.15, -0.1) is 0 Å². The first-order valence-corrected chi connectivity index (χ1v) is 10.1. The summed E-state index contributed by atoms with van der Waals surface area (Å²) in [7, 11) is 0. The van der Waals surface area contributed by atoms with Crippen molar-refractivity contribution in [2.75, 3.05) is 13.1 Å². The highest BCUT2D eigenvalue weighted by Gasteiger charge is 2.22. The Morgan fingerprint density at radius 1 is 1.04 bits per heavy atom. The lowest BCUT2D eigenvalue weighted by Crippen LogP contribution is -2.18. The van der Waals surface area contributed by atoms with Gasteiger partial charge in [-0.1, -0.05) is 35.3 Å². The zero-order chi connectivity index (χ0) is 18.8. The summed E-state index contributed by atoms with van der Waals surface area (Å²) in [5.74, 6) is 0.117. The molecule has 0 aliphatic carbocycles. The third-order valence-corrected chi connectivity index (χ3v) is 5.95. The molecule has 1 aliphatic heterocycles. The molecule has 1 N–H and O–H groups in total. The van der Waals surface area contributed by atoms with Crippen LogP contribution in [0.5, 0.6) is 0 Å².